The number of piperazine rings is 1. The normalized spacial score (nSPS) is 17.6. The minimum Gasteiger partial charge on any atom is -0.353 e. The fraction of sp³-hybridized carbons (Fsp3) is 0.455. The second-order valence-corrected chi connectivity index (χ2v) is 9.00. The zero-order valence-electron chi connectivity index (χ0n) is 16.9. The zero-order valence-corrected chi connectivity index (χ0v) is 17.7. The summed E-state index contributed by atoms with van der Waals surface area (Å²) in [6.45, 7) is 3.03. The average molecular weight is 424 g/mol. The van der Waals surface area contributed by atoms with E-state index in [1.165, 1.54) is 12.8 Å². The quantitative estimate of drug-likeness (QED) is 0.622. The lowest BCUT2D eigenvalue weighted by molar-refractivity contribution is -0.130. The van der Waals surface area contributed by atoms with Crippen molar-refractivity contribution >= 4 is 23.1 Å². The minimum atomic E-state index is 0.204. The first-order chi connectivity index (χ1) is 14.8. The third-order valence-corrected chi connectivity index (χ3v) is 6.89. The molecule has 7 nitrogen and oxygen atoms in total. The number of hydrogen-bond acceptors (Lipinski definition) is 7. The van der Waals surface area contributed by atoms with Gasteiger partial charge in [0, 0.05) is 48.7 Å². The van der Waals surface area contributed by atoms with Gasteiger partial charge in [-0.25, -0.2) is 4.98 Å². The number of carbonyl (C=O) groups is 1. The predicted octanol–water partition coefficient (Wildman–Crippen LogP) is 3.74. The van der Waals surface area contributed by atoms with E-state index in [0.29, 0.717) is 18.2 Å². The highest BCUT2D eigenvalue weighted by Crippen LogP contribution is 2.33. The number of rotatable bonds is 5. The van der Waals surface area contributed by atoms with Gasteiger partial charge in [-0.05, 0) is 36.4 Å². The Kier molecular flexibility index (Phi) is 5.48. The lowest BCUT2D eigenvalue weighted by atomic mass is 10.1. The van der Waals surface area contributed by atoms with Crippen LogP contribution in [0.1, 0.15) is 42.4 Å². The van der Waals surface area contributed by atoms with E-state index in [-0.39, 0.29) is 5.91 Å². The van der Waals surface area contributed by atoms with E-state index in [0.717, 1.165) is 61.2 Å². The summed E-state index contributed by atoms with van der Waals surface area (Å²) in [5, 5.41) is 6.16. The molecule has 8 heteroatoms. The van der Waals surface area contributed by atoms with Crippen LogP contribution in [0.5, 0.6) is 0 Å². The number of carbonyl (C=O) groups excluding carboxylic acids is 1. The van der Waals surface area contributed by atoms with E-state index < -0.39 is 0 Å². The molecule has 1 amide bonds. The van der Waals surface area contributed by atoms with Crippen LogP contribution >= 0.6 is 11.3 Å². The molecule has 1 aliphatic heterocycles. The molecule has 1 saturated heterocycles. The SMILES string of the molecule is O=C(Cc1cccs1)N1CCN(c2ccc(-c3noc(C4CCCC4)n3)cn2)CC1. The number of thiophene rings is 1. The number of anilines is 1. The smallest absolute Gasteiger partial charge is 0.230 e. The number of aromatic nitrogens is 3. The van der Waals surface area contributed by atoms with Crippen LogP contribution in [0.4, 0.5) is 5.82 Å². The van der Waals surface area contributed by atoms with Crippen molar-refractivity contribution in [3.05, 3.63) is 46.6 Å². The van der Waals surface area contributed by atoms with Crippen LogP contribution in [0.25, 0.3) is 11.4 Å². The van der Waals surface area contributed by atoms with Gasteiger partial charge in [-0.3, -0.25) is 4.79 Å². The van der Waals surface area contributed by atoms with E-state index in [2.05, 4.69) is 20.0 Å². The number of hydrogen-bond donors (Lipinski definition) is 0. The summed E-state index contributed by atoms with van der Waals surface area (Å²) in [4.78, 5) is 27.0. The first kappa shape index (κ1) is 19.2. The molecule has 2 aliphatic rings. The van der Waals surface area contributed by atoms with Gasteiger partial charge >= 0.3 is 0 Å². The largest absolute Gasteiger partial charge is 0.353 e. The summed E-state index contributed by atoms with van der Waals surface area (Å²) in [5.74, 6) is 2.91. The van der Waals surface area contributed by atoms with Gasteiger partial charge in [-0.2, -0.15) is 4.98 Å². The van der Waals surface area contributed by atoms with E-state index in [1.807, 2.05) is 40.7 Å². The Morgan fingerprint density at radius 1 is 1.13 bits per heavy atom. The average Bonchev–Trinajstić information content (AvgIpc) is 3.56. The minimum absolute atomic E-state index is 0.204. The van der Waals surface area contributed by atoms with Gasteiger partial charge in [0.1, 0.15) is 5.82 Å². The summed E-state index contributed by atoms with van der Waals surface area (Å²) >= 11 is 1.64. The van der Waals surface area contributed by atoms with Crippen molar-refractivity contribution in [2.45, 2.75) is 38.0 Å². The van der Waals surface area contributed by atoms with E-state index in [9.17, 15) is 4.79 Å². The molecule has 3 aromatic rings. The molecule has 0 bridgehead atoms. The Balaban J connectivity index is 1.18. The highest BCUT2D eigenvalue weighted by Gasteiger charge is 2.24. The highest BCUT2D eigenvalue weighted by atomic mass is 32.1. The standard InChI is InChI=1S/C22H25N5O2S/c28-20(14-18-6-3-13-30-18)27-11-9-26(10-12-27)19-8-7-17(15-23-19)21-24-22(29-25-21)16-4-1-2-5-16/h3,6-8,13,15-16H,1-2,4-5,9-12,14H2. The molecule has 0 aromatic carbocycles. The van der Waals surface area contributed by atoms with Gasteiger partial charge in [0.25, 0.3) is 0 Å². The Morgan fingerprint density at radius 3 is 2.67 bits per heavy atom. The molecule has 0 unspecified atom stereocenters. The second-order valence-electron chi connectivity index (χ2n) is 7.97. The predicted molar refractivity (Wildman–Crippen MR) is 116 cm³/mol. The molecular formula is C22H25N5O2S. The van der Waals surface area contributed by atoms with Gasteiger partial charge in [0.2, 0.25) is 17.6 Å². The van der Waals surface area contributed by atoms with Crippen molar-refractivity contribution in [1.29, 1.82) is 0 Å². The van der Waals surface area contributed by atoms with Crippen molar-refractivity contribution < 1.29 is 9.32 Å². The number of amides is 1. The molecule has 30 heavy (non-hydrogen) atoms. The van der Waals surface area contributed by atoms with E-state index >= 15 is 0 Å². The maximum Gasteiger partial charge on any atom is 0.230 e. The molecule has 4 heterocycles. The van der Waals surface area contributed by atoms with Crippen molar-refractivity contribution in [1.82, 2.24) is 20.0 Å². The first-order valence-corrected chi connectivity index (χ1v) is 11.5. The summed E-state index contributed by atoms with van der Waals surface area (Å²) in [6, 6.07) is 8.01. The van der Waals surface area contributed by atoms with Crippen LogP contribution in [-0.2, 0) is 11.2 Å². The van der Waals surface area contributed by atoms with E-state index in [4.69, 9.17) is 4.52 Å². The molecule has 0 atom stereocenters. The zero-order chi connectivity index (χ0) is 20.3. The van der Waals surface area contributed by atoms with Crippen molar-refractivity contribution in [2.75, 3.05) is 31.1 Å². The van der Waals surface area contributed by atoms with Gasteiger partial charge in [0.05, 0.1) is 6.42 Å². The Bertz CT molecular complexity index is 971. The molecule has 0 N–H and O–H groups in total. The summed E-state index contributed by atoms with van der Waals surface area (Å²) in [7, 11) is 0. The van der Waals surface area contributed by atoms with Crippen LogP contribution in [0, 0.1) is 0 Å². The van der Waals surface area contributed by atoms with Crippen LogP contribution in [0.15, 0.2) is 40.4 Å². The van der Waals surface area contributed by atoms with Crippen LogP contribution < -0.4 is 4.90 Å². The number of nitrogens with zero attached hydrogens (tertiary/aromatic N) is 5. The molecule has 156 valence electrons. The third kappa shape index (κ3) is 4.09. The Hall–Kier alpha value is -2.74. The molecule has 5 rings (SSSR count). The number of pyridine rings is 1. The lowest BCUT2D eigenvalue weighted by Crippen LogP contribution is -2.49. The van der Waals surface area contributed by atoms with Crippen LogP contribution in [-0.4, -0.2) is 52.1 Å². The van der Waals surface area contributed by atoms with Crippen molar-refractivity contribution in [3.8, 4) is 11.4 Å². The van der Waals surface area contributed by atoms with Gasteiger partial charge in [-0.15, -0.1) is 11.3 Å². The molecule has 0 spiro atoms. The molecular weight excluding hydrogens is 398 g/mol. The highest BCUT2D eigenvalue weighted by molar-refractivity contribution is 7.10. The monoisotopic (exact) mass is 423 g/mol. The van der Waals surface area contributed by atoms with Gasteiger partial charge in [-0.1, -0.05) is 24.1 Å². The van der Waals surface area contributed by atoms with Gasteiger partial charge in [0.15, 0.2) is 0 Å². The molecule has 2 fully saturated rings. The first-order valence-electron chi connectivity index (χ1n) is 10.6. The summed E-state index contributed by atoms with van der Waals surface area (Å²) in [6.07, 6.45) is 7.07. The fourth-order valence-corrected chi connectivity index (χ4v) is 4.95. The molecule has 1 saturated carbocycles. The van der Waals surface area contributed by atoms with Gasteiger partial charge < -0.3 is 14.3 Å². The van der Waals surface area contributed by atoms with Crippen LogP contribution in [0.2, 0.25) is 0 Å². The maximum atomic E-state index is 12.5. The lowest BCUT2D eigenvalue weighted by Gasteiger charge is -2.35. The fourth-order valence-electron chi connectivity index (χ4n) is 4.26. The third-order valence-electron chi connectivity index (χ3n) is 6.01. The topological polar surface area (TPSA) is 75.4 Å². The van der Waals surface area contributed by atoms with Crippen LogP contribution in [0.3, 0.4) is 0 Å². The van der Waals surface area contributed by atoms with Crippen molar-refractivity contribution in [2.24, 2.45) is 0 Å². The Morgan fingerprint density at radius 2 is 1.97 bits per heavy atom. The molecule has 3 aromatic heterocycles. The second kappa shape index (κ2) is 8.55. The Labute approximate surface area is 179 Å². The summed E-state index contributed by atoms with van der Waals surface area (Å²) < 4.78 is 5.49. The summed E-state index contributed by atoms with van der Waals surface area (Å²) in [5.41, 5.74) is 0.872. The molecule has 1 aliphatic carbocycles. The van der Waals surface area contributed by atoms with Crippen molar-refractivity contribution in [3.63, 3.8) is 0 Å². The maximum absolute atomic E-state index is 12.5. The molecule has 0 radical (unpaired) electrons. The van der Waals surface area contributed by atoms with E-state index in [1.54, 1.807) is 11.3 Å².